The SMILES string of the molecule is CC(C)C1(C(=O)O)CCN(C(=O)c2ccc3nncn3c2)C1. The van der Waals surface area contributed by atoms with Crippen molar-refractivity contribution in [3.63, 3.8) is 0 Å². The minimum absolute atomic E-state index is 0.0249. The van der Waals surface area contributed by atoms with E-state index in [1.165, 1.54) is 6.33 Å². The Kier molecular flexibility index (Phi) is 3.35. The summed E-state index contributed by atoms with van der Waals surface area (Å²) in [6.07, 6.45) is 3.69. The van der Waals surface area contributed by atoms with Gasteiger partial charge in [-0.25, -0.2) is 0 Å². The van der Waals surface area contributed by atoms with Gasteiger partial charge < -0.3 is 10.0 Å². The van der Waals surface area contributed by atoms with Crippen molar-refractivity contribution in [1.29, 1.82) is 0 Å². The number of aliphatic carboxylic acids is 1. The number of nitrogens with zero attached hydrogens (tertiary/aromatic N) is 4. The molecule has 0 bridgehead atoms. The van der Waals surface area contributed by atoms with Gasteiger partial charge in [-0.3, -0.25) is 14.0 Å². The minimum Gasteiger partial charge on any atom is -0.481 e. The van der Waals surface area contributed by atoms with Crippen molar-refractivity contribution < 1.29 is 14.7 Å². The summed E-state index contributed by atoms with van der Waals surface area (Å²) in [7, 11) is 0. The van der Waals surface area contributed by atoms with E-state index >= 15 is 0 Å². The zero-order chi connectivity index (χ0) is 15.9. The van der Waals surface area contributed by atoms with E-state index in [1.807, 2.05) is 13.8 Å². The third kappa shape index (κ3) is 2.13. The summed E-state index contributed by atoms with van der Waals surface area (Å²) in [5.41, 5.74) is 0.327. The molecule has 7 nitrogen and oxygen atoms in total. The van der Waals surface area contributed by atoms with Crippen LogP contribution in [0, 0.1) is 11.3 Å². The number of fused-ring (bicyclic) bond motifs is 1. The largest absolute Gasteiger partial charge is 0.481 e. The van der Waals surface area contributed by atoms with Crippen LogP contribution in [-0.4, -0.2) is 49.6 Å². The average molecular weight is 302 g/mol. The molecule has 1 saturated heterocycles. The van der Waals surface area contributed by atoms with Gasteiger partial charge in [-0.1, -0.05) is 13.8 Å². The normalized spacial score (nSPS) is 21.7. The number of carbonyl (C=O) groups is 2. The lowest BCUT2D eigenvalue weighted by molar-refractivity contribution is -0.150. The first-order chi connectivity index (χ1) is 10.4. The standard InChI is InChI=1S/C15H18N4O3/c1-10(2)15(14(21)22)5-6-18(8-15)13(20)11-3-4-12-17-16-9-19(12)7-11/h3-4,7,9-10H,5-6,8H2,1-2H3,(H,21,22). The molecule has 3 rings (SSSR count). The Balaban J connectivity index is 1.85. The second-order valence-corrected chi connectivity index (χ2v) is 6.11. The van der Waals surface area contributed by atoms with Crippen molar-refractivity contribution in [3.8, 4) is 0 Å². The van der Waals surface area contributed by atoms with Crippen molar-refractivity contribution in [1.82, 2.24) is 19.5 Å². The van der Waals surface area contributed by atoms with Crippen LogP contribution in [0.1, 0.15) is 30.6 Å². The summed E-state index contributed by atoms with van der Waals surface area (Å²) in [5.74, 6) is -1.01. The molecule has 0 saturated carbocycles. The molecule has 2 aromatic heterocycles. The van der Waals surface area contributed by atoms with Crippen LogP contribution in [0.25, 0.3) is 5.65 Å². The molecular formula is C15H18N4O3. The number of carboxylic acid groups (broad SMARTS) is 1. The van der Waals surface area contributed by atoms with E-state index < -0.39 is 11.4 Å². The number of rotatable bonds is 3. The van der Waals surface area contributed by atoms with Gasteiger partial charge in [0.15, 0.2) is 5.65 Å². The Morgan fingerprint density at radius 1 is 1.36 bits per heavy atom. The molecule has 22 heavy (non-hydrogen) atoms. The van der Waals surface area contributed by atoms with Crippen molar-refractivity contribution in [3.05, 3.63) is 30.2 Å². The molecule has 1 fully saturated rings. The van der Waals surface area contributed by atoms with E-state index in [1.54, 1.807) is 27.6 Å². The highest BCUT2D eigenvalue weighted by atomic mass is 16.4. The minimum atomic E-state index is -0.851. The third-order valence-corrected chi connectivity index (χ3v) is 4.66. The van der Waals surface area contributed by atoms with Crippen LogP contribution in [0.4, 0.5) is 0 Å². The highest BCUT2D eigenvalue weighted by Crippen LogP contribution is 2.38. The Morgan fingerprint density at radius 3 is 2.77 bits per heavy atom. The van der Waals surface area contributed by atoms with Crippen molar-refractivity contribution >= 4 is 17.5 Å². The number of pyridine rings is 1. The Bertz CT molecular complexity index is 739. The van der Waals surface area contributed by atoms with Crippen LogP contribution < -0.4 is 0 Å². The number of carbonyl (C=O) groups excluding carboxylic acids is 1. The Morgan fingerprint density at radius 2 is 2.14 bits per heavy atom. The van der Waals surface area contributed by atoms with Crippen LogP contribution in [0.15, 0.2) is 24.7 Å². The van der Waals surface area contributed by atoms with E-state index in [4.69, 9.17) is 0 Å². The van der Waals surface area contributed by atoms with Gasteiger partial charge >= 0.3 is 5.97 Å². The molecule has 0 spiro atoms. The predicted molar refractivity (Wildman–Crippen MR) is 78.4 cm³/mol. The number of aromatic nitrogens is 3. The van der Waals surface area contributed by atoms with E-state index in [0.29, 0.717) is 24.2 Å². The molecule has 0 radical (unpaired) electrons. The van der Waals surface area contributed by atoms with Crippen LogP contribution in [-0.2, 0) is 4.79 Å². The monoisotopic (exact) mass is 302 g/mol. The van der Waals surface area contributed by atoms with Gasteiger partial charge in [0.2, 0.25) is 0 Å². The number of amides is 1. The summed E-state index contributed by atoms with van der Waals surface area (Å²) in [6.45, 7) is 4.50. The van der Waals surface area contributed by atoms with E-state index in [0.717, 1.165) is 0 Å². The summed E-state index contributed by atoms with van der Waals surface area (Å²) >= 11 is 0. The topological polar surface area (TPSA) is 87.8 Å². The van der Waals surface area contributed by atoms with Gasteiger partial charge in [0, 0.05) is 19.3 Å². The fourth-order valence-electron chi connectivity index (χ4n) is 3.04. The molecule has 2 aromatic rings. The van der Waals surface area contributed by atoms with Gasteiger partial charge in [-0.05, 0) is 24.5 Å². The third-order valence-electron chi connectivity index (χ3n) is 4.66. The Labute approximate surface area is 127 Å². The summed E-state index contributed by atoms with van der Waals surface area (Å²) in [6, 6.07) is 3.42. The second-order valence-electron chi connectivity index (χ2n) is 6.11. The summed E-state index contributed by atoms with van der Waals surface area (Å²) in [5, 5.41) is 17.2. The molecule has 0 aliphatic carbocycles. The average Bonchev–Trinajstić information content (AvgIpc) is 3.13. The van der Waals surface area contributed by atoms with Crippen LogP contribution >= 0.6 is 0 Å². The molecule has 3 heterocycles. The van der Waals surface area contributed by atoms with Gasteiger partial charge in [0.1, 0.15) is 6.33 Å². The molecule has 116 valence electrons. The van der Waals surface area contributed by atoms with Crippen LogP contribution in [0.2, 0.25) is 0 Å². The van der Waals surface area contributed by atoms with Crippen molar-refractivity contribution in [2.45, 2.75) is 20.3 Å². The molecule has 1 atom stereocenters. The lowest BCUT2D eigenvalue weighted by Gasteiger charge is -2.28. The number of hydrogen-bond acceptors (Lipinski definition) is 4. The van der Waals surface area contributed by atoms with Crippen molar-refractivity contribution in [2.24, 2.45) is 11.3 Å². The molecular weight excluding hydrogens is 284 g/mol. The van der Waals surface area contributed by atoms with Gasteiger partial charge in [-0.2, -0.15) is 0 Å². The number of carboxylic acids is 1. The maximum atomic E-state index is 12.6. The lowest BCUT2D eigenvalue weighted by Crippen LogP contribution is -2.40. The Hall–Kier alpha value is -2.44. The first-order valence-electron chi connectivity index (χ1n) is 7.26. The molecule has 1 unspecified atom stereocenters. The second kappa shape index (κ2) is 5.08. The van der Waals surface area contributed by atoms with E-state index in [-0.39, 0.29) is 18.4 Å². The zero-order valence-corrected chi connectivity index (χ0v) is 12.6. The quantitative estimate of drug-likeness (QED) is 0.923. The smallest absolute Gasteiger partial charge is 0.311 e. The van der Waals surface area contributed by atoms with Gasteiger partial charge in [-0.15, -0.1) is 10.2 Å². The fraction of sp³-hybridized carbons (Fsp3) is 0.467. The highest BCUT2D eigenvalue weighted by Gasteiger charge is 2.48. The maximum Gasteiger partial charge on any atom is 0.311 e. The number of hydrogen-bond donors (Lipinski definition) is 1. The molecule has 7 heteroatoms. The molecule has 0 aromatic carbocycles. The maximum absolute atomic E-state index is 12.6. The molecule has 1 aliphatic heterocycles. The molecule has 1 N–H and O–H groups in total. The van der Waals surface area contributed by atoms with Gasteiger partial charge in [0.25, 0.3) is 5.91 Å². The highest BCUT2D eigenvalue weighted by molar-refractivity contribution is 5.95. The number of likely N-dealkylation sites (tertiary alicyclic amines) is 1. The summed E-state index contributed by atoms with van der Waals surface area (Å²) < 4.78 is 1.68. The lowest BCUT2D eigenvalue weighted by atomic mass is 9.76. The zero-order valence-electron chi connectivity index (χ0n) is 12.6. The molecule has 1 amide bonds. The fourth-order valence-corrected chi connectivity index (χ4v) is 3.04. The first kappa shape index (κ1) is 14.5. The summed E-state index contributed by atoms with van der Waals surface area (Å²) in [4.78, 5) is 25.9. The van der Waals surface area contributed by atoms with E-state index in [9.17, 15) is 14.7 Å². The van der Waals surface area contributed by atoms with Crippen LogP contribution in [0.3, 0.4) is 0 Å². The first-order valence-corrected chi connectivity index (χ1v) is 7.26. The van der Waals surface area contributed by atoms with Gasteiger partial charge in [0.05, 0.1) is 11.0 Å². The van der Waals surface area contributed by atoms with E-state index in [2.05, 4.69) is 10.2 Å². The van der Waals surface area contributed by atoms with Crippen molar-refractivity contribution in [2.75, 3.05) is 13.1 Å². The molecule has 1 aliphatic rings. The van der Waals surface area contributed by atoms with Crippen LogP contribution in [0.5, 0.6) is 0 Å². The predicted octanol–water partition coefficient (Wildman–Crippen LogP) is 1.30.